The molecule has 0 bridgehead atoms. The quantitative estimate of drug-likeness (QED) is 0.244. The van der Waals surface area contributed by atoms with Crippen LogP contribution < -0.4 is 5.56 Å². The van der Waals surface area contributed by atoms with Gasteiger partial charge in [0, 0.05) is 37.3 Å². The largest absolute Gasteiger partial charge is 0.322 e. The summed E-state index contributed by atoms with van der Waals surface area (Å²) < 4.78 is 1.84. The van der Waals surface area contributed by atoms with Gasteiger partial charge in [0.25, 0.3) is 5.56 Å². The molecule has 8 heteroatoms. The van der Waals surface area contributed by atoms with Gasteiger partial charge in [-0.15, -0.1) is 5.10 Å². The number of hydrogen-bond acceptors (Lipinski definition) is 6. The maximum Gasteiger partial charge on any atom is 0.253 e. The summed E-state index contributed by atoms with van der Waals surface area (Å²) in [6, 6.07) is 37.6. The summed E-state index contributed by atoms with van der Waals surface area (Å²) in [5.74, 6) is 0.670. The number of aromatic nitrogens is 5. The molecule has 2 aromatic heterocycles. The van der Waals surface area contributed by atoms with Crippen molar-refractivity contribution in [2.24, 2.45) is 0 Å². The lowest BCUT2D eigenvalue weighted by molar-refractivity contribution is 0.0857. The molecule has 1 atom stereocenters. The van der Waals surface area contributed by atoms with Crippen molar-refractivity contribution in [3.05, 3.63) is 159 Å². The molecule has 45 heavy (non-hydrogen) atoms. The summed E-state index contributed by atoms with van der Waals surface area (Å²) in [7, 11) is 0. The summed E-state index contributed by atoms with van der Waals surface area (Å²) in [4.78, 5) is 21.9. The van der Waals surface area contributed by atoms with Gasteiger partial charge in [-0.1, -0.05) is 91.0 Å². The van der Waals surface area contributed by atoms with Crippen LogP contribution in [0.15, 0.2) is 114 Å². The Morgan fingerprint density at radius 3 is 1.89 bits per heavy atom. The number of aryl methyl sites for hydroxylation is 2. The minimum Gasteiger partial charge on any atom is -0.322 e. The molecule has 1 fully saturated rings. The van der Waals surface area contributed by atoms with Gasteiger partial charge in [-0.2, -0.15) is 0 Å². The van der Waals surface area contributed by atoms with E-state index in [1.165, 1.54) is 16.7 Å². The Morgan fingerprint density at radius 2 is 1.27 bits per heavy atom. The molecule has 0 radical (unpaired) electrons. The normalized spacial score (nSPS) is 15.1. The number of aromatic amines is 1. The molecule has 1 aliphatic rings. The third kappa shape index (κ3) is 5.94. The summed E-state index contributed by atoms with van der Waals surface area (Å²) in [6.45, 7) is 7.86. The van der Waals surface area contributed by atoms with E-state index in [0.29, 0.717) is 17.9 Å². The zero-order chi connectivity index (χ0) is 30.8. The Hall–Kier alpha value is -4.92. The van der Waals surface area contributed by atoms with Crippen molar-refractivity contribution >= 4 is 10.9 Å². The molecular formula is C37H37N7O. The third-order valence-corrected chi connectivity index (χ3v) is 9.07. The lowest BCUT2D eigenvalue weighted by atomic mass is 9.96. The highest BCUT2D eigenvalue weighted by molar-refractivity contribution is 5.81. The Bertz CT molecular complexity index is 1910. The number of fused-ring (bicyclic) bond motifs is 1. The number of piperazine rings is 1. The van der Waals surface area contributed by atoms with E-state index in [-0.39, 0.29) is 11.6 Å². The maximum absolute atomic E-state index is 13.9. The van der Waals surface area contributed by atoms with Gasteiger partial charge >= 0.3 is 0 Å². The molecule has 226 valence electrons. The molecule has 8 nitrogen and oxygen atoms in total. The molecule has 0 amide bonds. The van der Waals surface area contributed by atoms with Gasteiger partial charge in [-0.3, -0.25) is 14.6 Å². The summed E-state index contributed by atoms with van der Waals surface area (Å²) >= 11 is 0. The monoisotopic (exact) mass is 595 g/mol. The van der Waals surface area contributed by atoms with Gasteiger partial charge in [-0.25, -0.2) is 4.68 Å². The van der Waals surface area contributed by atoms with Crippen LogP contribution in [0.4, 0.5) is 0 Å². The van der Waals surface area contributed by atoms with Gasteiger partial charge < -0.3 is 4.98 Å². The number of nitrogens with zero attached hydrogens (tertiary/aromatic N) is 6. The van der Waals surface area contributed by atoms with Crippen molar-refractivity contribution in [1.82, 2.24) is 35.0 Å². The zero-order valence-corrected chi connectivity index (χ0v) is 25.7. The molecule has 3 heterocycles. The first-order valence-electron chi connectivity index (χ1n) is 15.6. The van der Waals surface area contributed by atoms with Crippen LogP contribution in [-0.2, 0) is 6.54 Å². The van der Waals surface area contributed by atoms with Gasteiger partial charge in [0.15, 0.2) is 5.82 Å². The van der Waals surface area contributed by atoms with E-state index in [2.05, 4.69) is 129 Å². The van der Waals surface area contributed by atoms with E-state index in [1.807, 2.05) is 28.9 Å². The van der Waals surface area contributed by atoms with Crippen LogP contribution in [0.1, 0.15) is 51.3 Å². The third-order valence-electron chi connectivity index (χ3n) is 9.07. The van der Waals surface area contributed by atoms with Gasteiger partial charge in [0.05, 0.1) is 12.6 Å². The molecule has 1 N–H and O–H groups in total. The Labute approximate surface area is 263 Å². The van der Waals surface area contributed by atoms with Crippen molar-refractivity contribution in [2.45, 2.75) is 32.5 Å². The van der Waals surface area contributed by atoms with E-state index in [1.54, 1.807) is 0 Å². The van der Waals surface area contributed by atoms with Crippen LogP contribution in [-0.4, -0.2) is 61.2 Å². The lowest BCUT2D eigenvalue weighted by Crippen LogP contribution is -2.50. The van der Waals surface area contributed by atoms with Crippen LogP contribution >= 0.6 is 0 Å². The molecule has 1 aliphatic heterocycles. The number of rotatable bonds is 8. The number of nitrogens with one attached hydrogen (secondary N) is 1. The highest BCUT2D eigenvalue weighted by atomic mass is 16.1. The summed E-state index contributed by atoms with van der Waals surface area (Å²) in [5.41, 5.74) is 7.37. The van der Waals surface area contributed by atoms with E-state index in [0.717, 1.165) is 48.2 Å². The van der Waals surface area contributed by atoms with Crippen LogP contribution in [0.5, 0.6) is 0 Å². The summed E-state index contributed by atoms with van der Waals surface area (Å²) in [5, 5.41) is 14.1. The standard InChI is InChI=1S/C37H37N7O/c1-26-22-31-24-32(37(45)38-33(31)23-27(26)2)35(36-39-40-41-44(36)25-28-12-6-3-7-13-28)43-20-18-42(19-21-43)34(29-14-8-4-9-15-29)30-16-10-5-11-17-30/h3-17,22-24,34-35H,18-21,25H2,1-2H3,(H,38,45). The number of H-pyrrole nitrogens is 1. The van der Waals surface area contributed by atoms with Crippen molar-refractivity contribution < 1.29 is 0 Å². The van der Waals surface area contributed by atoms with Gasteiger partial charge in [-0.05, 0) is 75.7 Å². The van der Waals surface area contributed by atoms with Crippen molar-refractivity contribution in [2.75, 3.05) is 26.2 Å². The number of tetrazole rings is 1. The van der Waals surface area contributed by atoms with Gasteiger partial charge in [0.2, 0.25) is 0 Å². The minimum absolute atomic E-state index is 0.112. The maximum atomic E-state index is 13.9. The fourth-order valence-corrected chi connectivity index (χ4v) is 6.61. The first-order valence-corrected chi connectivity index (χ1v) is 15.6. The first-order chi connectivity index (χ1) is 22.0. The number of benzene rings is 4. The SMILES string of the molecule is Cc1cc2cc(C(c3nnnn3Cc3ccccc3)N3CCN(C(c4ccccc4)c4ccccc4)CC3)c(=O)[nH]c2cc1C. The van der Waals surface area contributed by atoms with Crippen molar-refractivity contribution in [3.63, 3.8) is 0 Å². The molecule has 0 aliphatic carbocycles. The van der Waals surface area contributed by atoms with Crippen LogP contribution in [0.3, 0.4) is 0 Å². The molecule has 4 aromatic carbocycles. The number of hydrogen-bond donors (Lipinski definition) is 1. The second kappa shape index (κ2) is 12.6. The predicted molar refractivity (Wildman–Crippen MR) is 177 cm³/mol. The first kappa shape index (κ1) is 28.8. The molecule has 0 saturated carbocycles. The molecule has 1 unspecified atom stereocenters. The van der Waals surface area contributed by atoms with Crippen LogP contribution in [0.25, 0.3) is 10.9 Å². The van der Waals surface area contributed by atoms with Crippen LogP contribution in [0.2, 0.25) is 0 Å². The summed E-state index contributed by atoms with van der Waals surface area (Å²) in [6.07, 6.45) is 0. The molecule has 1 saturated heterocycles. The predicted octanol–water partition coefficient (Wildman–Crippen LogP) is 5.68. The van der Waals surface area contributed by atoms with Gasteiger partial charge in [0.1, 0.15) is 6.04 Å². The van der Waals surface area contributed by atoms with E-state index in [4.69, 9.17) is 0 Å². The molecular weight excluding hydrogens is 558 g/mol. The lowest BCUT2D eigenvalue weighted by Gasteiger charge is -2.42. The minimum atomic E-state index is -0.410. The van der Waals surface area contributed by atoms with E-state index in [9.17, 15) is 4.79 Å². The van der Waals surface area contributed by atoms with Crippen molar-refractivity contribution in [3.8, 4) is 0 Å². The smallest absolute Gasteiger partial charge is 0.253 e. The van der Waals surface area contributed by atoms with Crippen molar-refractivity contribution in [1.29, 1.82) is 0 Å². The second-order valence-corrected chi connectivity index (χ2v) is 12.0. The molecule has 6 aromatic rings. The zero-order valence-electron chi connectivity index (χ0n) is 25.7. The molecule has 0 spiro atoms. The Kier molecular flexibility index (Phi) is 8.07. The second-order valence-electron chi connectivity index (χ2n) is 12.0. The van der Waals surface area contributed by atoms with E-state index >= 15 is 0 Å². The fraction of sp³-hybridized carbons (Fsp3) is 0.243. The fourth-order valence-electron chi connectivity index (χ4n) is 6.61. The average molecular weight is 596 g/mol. The Balaban J connectivity index is 1.26. The van der Waals surface area contributed by atoms with Crippen LogP contribution in [0, 0.1) is 13.8 Å². The Morgan fingerprint density at radius 1 is 0.711 bits per heavy atom. The highest BCUT2D eigenvalue weighted by Gasteiger charge is 2.35. The highest BCUT2D eigenvalue weighted by Crippen LogP contribution is 2.33. The van der Waals surface area contributed by atoms with E-state index < -0.39 is 6.04 Å². The number of pyridine rings is 1. The molecule has 7 rings (SSSR count). The average Bonchev–Trinajstić information content (AvgIpc) is 3.52. The topological polar surface area (TPSA) is 82.9 Å².